The van der Waals surface area contributed by atoms with Crippen molar-refractivity contribution in [1.82, 2.24) is 0 Å². The van der Waals surface area contributed by atoms with Crippen LogP contribution in [0.1, 0.15) is 50.7 Å². The first-order valence-electron chi connectivity index (χ1n) is 9.56. The molecule has 0 fully saturated rings. The second kappa shape index (κ2) is 11.9. The Balaban J connectivity index is 1.89. The average molecular weight is 351 g/mol. The van der Waals surface area contributed by atoms with E-state index < -0.39 is 0 Å². The van der Waals surface area contributed by atoms with Crippen LogP contribution in [0.5, 0.6) is 0 Å². The Kier molecular flexibility index (Phi) is 8.98. The largest absolute Gasteiger partial charge is 0.385 e. The molecule has 0 atom stereocenters. The topological polar surface area (TPSA) is 48.8 Å². The van der Waals surface area contributed by atoms with Crippen LogP contribution in [-0.2, 0) is 0 Å². The maximum atomic E-state index is 4.18. The van der Waals surface area contributed by atoms with Crippen molar-refractivity contribution in [3.05, 3.63) is 59.7 Å². The van der Waals surface area contributed by atoms with Gasteiger partial charge in [-0.2, -0.15) is 10.2 Å². The van der Waals surface area contributed by atoms with Crippen molar-refractivity contribution >= 4 is 23.8 Å². The number of anilines is 2. The minimum absolute atomic E-state index is 0.998. The van der Waals surface area contributed by atoms with Crippen molar-refractivity contribution in [2.75, 3.05) is 23.7 Å². The molecule has 4 heteroatoms. The fourth-order valence-electron chi connectivity index (χ4n) is 2.48. The van der Waals surface area contributed by atoms with Crippen molar-refractivity contribution < 1.29 is 0 Å². The fraction of sp³-hybridized carbons (Fsp3) is 0.364. The number of unbranched alkanes of at least 4 members (excludes halogenated alkanes) is 2. The predicted molar refractivity (Wildman–Crippen MR) is 115 cm³/mol. The van der Waals surface area contributed by atoms with Gasteiger partial charge in [0.2, 0.25) is 0 Å². The molecule has 0 saturated carbocycles. The van der Waals surface area contributed by atoms with Gasteiger partial charge in [0.15, 0.2) is 0 Å². The van der Waals surface area contributed by atoms with Gasteiger partial charge in [-0.05, 0) is 48.2 Å². The molecular weight excluding hydrogens is 320 g/mol. The molecule has 0 aliphatic carbocycles. The molecule has 0 radical (unpaired) electrons. The second-order valence-electron chi connectivity index (χ2n) is 6.30. The number of hydrogen-bond acceptors (Lipinski definition) is 4. The minimum atomic E-state index is 0.998. The van der Waals surface area contributed by atoms with E-state index in [9.17, 15) is 0 Å². The van der Waals surface area contributed by atoms with Gasteiger partial charge in [0.1, 0.15) is 0 Å². The summed E-state index contributed by atoms with van der Waals surface area (Å²) in [6, 6.07) is 16.5. The van der Waals surface area contributed by atoms with Crippen LogP contribution in [0.25, 0.3) is 0 Å². The zero-order valence-corrected chi connectivity index (χ0v) is 15.9. The maximum absolute atomic E-state index is 4.18. The third kappa shape index (κ3) is 7.51. The lowest BCUT2D eigenvalue weighted by atomic mass is 10.2. The Morgan fingerprint density at radius 2 is 1.19 bits per heavy atom. The highest BCUT2D eigenvalue weighted by Crippen LogP contribution is 2.10. The number of benzene rings is 2. The van der Waals surface area contributed by atoms with Gasteiger partial charge >= 0.3 is 0 Å². The quantitative estimate of drug-likeness (QED) is 0.316. The van der Waals surface area contributed by atoms with Gasteiger partial charge < -0.3 is 10.6 Å². The van der Waals surface area contributed by atoms with Gasteiger partial charge in [0.25, 0.3) is 0 Å². The summed E-state index contributed by atoms with van der Waals surface area (Å²) in [6.07, 6.45) is 8.30. The molecule has 2 aromatic carbocycles. The summed E-state index contributed by atoms with van der Waals surface area (Å²) in [6.45, 7) is 6.38. The van der Waals surface area contributed by atoms with Crippen LogP contribution >= 0.6 is 0 Å². The van der Waals surface area contributed by atoms with Crippen molar-refractivity contribution in [3.63, 3.8) is 0 Å². The van der Waals surface area contributed by atoms with E-state index in [1.165, 1.54) is 25.7 Å². The molecule has 0 bridgehead atoms. The monoisotopic (exact) mass is 350 g/mol. The Bertz CT molecular complexity index is 645. The molecule has 2 rings (SSSR count). The van der Waals surface area contributed by atoms with E-state index in [4.69, 9.17) is 0 Å². The maximum Gasteiger partial charge on any atom is 0.0568 e. The van der Waals surface area contributed by atoms with Crippen molar-refractivity contribution in [2.45, 2.75) is 39.5 Å². The minimum Gasteiger partial charge on any atom is -0.385 e. The van der Waals surface area contributed by atoms with Crippen LogP contribution in [0.2, 0.25) is 0 Å². The lowest BCUT2D eigenvalue weighted by molar-refractivity contribution is 0.834. The van der Waals surface area contributed by atoms with Crippen LogP contribution < -0.4 is 10.6 Å². The molecule has 0 aromatic heterocycles. The molecular formula is C22H30N4. The summed E-state index contributed by atoms with van der Waals surface area (Å²) in [5, 5.41) is 15.2. The molecule has 138 valence electrons. The molecule has 0 heterocycles. The Labute approximate surface area is 157 Å². The van der Waals surface area contributed by atoms with E-state index in [0.717, 1.165) is 35.6 Å². The lowest BCUT2D eigenvalue weighted by Gasteiger charge is -2.05. The SMILES string of the molecule is CCCCNc1cccc(C=NN=Cc2cccc(NCCCC)c2)c1. The summed E-state index contributed by atoms with van der Waals surface area (Å²) < 4.78 is 0. The molecule has 0 saturated heterocycles. The highest BCUT2D eigenvalue weighted by atomic mass is 15.2. The Morgan fingerprint density at radius 1 is 0.731 bits per heavy atom. The number of nitrogens with one attached hydrogen (secondary N) is 2. The molecule has 4 nitrogen and oxygen atoms in total. The van der Waals surface area contributed by atoms with Crippen molar-refractivity contribution in [2.24, 2.45) is 10.2 Å². The standard InChI is InChI=1S/C22H30N4/c1-3-5-13-23-21-11-7-9-19(15-21)17-25-26-18-20-10-8-12-22(16-20)24-14-6-4-2/h7-12,15-18,23-24H,3-6,13-14H2,1-2H3. The van der Waals surface area contributed by atoms with Gasteiger partial charge in [-0.15, -0.1) is 0 Å². The molecule has 0 unspecified atom stereocenters. The number of hydrogen-bond donors (Lipinski definition) is 2. The molecule has 0 spiro atoms. The van der Waals surface area contributed by atoms with E-state index in [2.05, 4.69) is 58.9 Å². The summed E-state index contributed by atoms with van der Waals surface area (Å²) >= 11 is 0. The van der Waals surface area contributed by atoms with Crippen LogP contribution in [-0.4, -0.2) is 25.5 Å². The van der Waals surface area contributed by atoms with Gasteiger partial charge in [-0.3, -0.25) is 0 Å². The third-order valence-electron chi connectivity index (χ3n) is 3.97. The summed E-state index contributed by atoms with van der Waals surface area (Å²) in [4.78, 5) is 0. The lowest BCUT2D eigenvalue weighted by Crippen LogP contribution is -2.01. The summed E-state index contributed by atoms with van der Waals surface area (Å²) in [7, 11) is 0. The number of rotatable bonds is 11. The Hall–Kier alpha value is -2.62. The third-order valence-corrected chi connectivity index (χ3v) is 3.97. The van der Waals surface area contributed by atoms with Crippen LogP contribution in [0.3, 0.4) is 0 Å². The van der Waals surface area contributed by atoms with Gasteiger partial charge in [0, 0.05) is 24.5 Å². The van der Waals surface area contributed by atoms with Crippen LogP contribution in [0, 0.1) is 0 Å². The molecule has 0 aliphatic rings. The van der Waals surface area contributed by atoms with Crippen LogP contribution in [0.4, 0.5) is 11.4 Å². The molecule has 2 N–H and O–H groups in total. The van der Waals surface area contributed by atoms with Gasteiger partial charge in [-0.1, -0.05) is 51.0 Å². The summed E-state index contributed by atoms with van der Waals surface area (Å²) in [5.41, 5.74) is 4.33. The summed E-state index contributed by atoms with van der Waals surface area (Å²) in [5.74, 6) is 0. The first-order valence-corrected chi connectivity index (χ1v) is 9.56. The van der Waals surface area contributed by atoms with E-state index >= 15 is 0 Å². The van der Waals surface area contributed by atoms with Crippen LogP contribution in [0.15, 0.2) is 58.7 Å². The van der Waals surface area contributed by atoms with Crippen molar-refractivity contribution in [3.8, 4) is 0 Å². The first-order chi connectivity index (χ1) is 12.8. The fourth-order valence-corrected chi connectivity index (χ4v) is 2.48. The molecule has 2 aromatic rings. The van der Waals surface area contributed by atoms with E-state index in [1.807, 2.05) is 24.3 Å². The van der Waals surface area contributed by atoms with E-state index in [-0.39, 0.29) is 0 Å². The van der Waals surface area contributed by atoms with Gasteiger partial charge in [0.05, 0.1) is 12.4 Å². The highest BCUT2D eigenvalue weighted by Gasteiger charge is 1.94. The highest BCUT2D eigenvalue weighted by molar-refractivity contribution is 5.84. The Morgan fingerprint density at radius 3 is 1.62 bits per heavy atom. The zero-order valence-electron chi connectivity index (χ0n) is 15.9. The molecule has 26 heavy (non-hydrogen) atoms. The van der Waals surface area contributed by atoms with E-state index in [0.29, 0.717) is 0 Å². The zero-order chi connectivity index (χ0) is 18.5. The van der Waals surface area contributed by atoms with E-state index in [1.54, 1.807) is 12.4 Å². The molecule has 0 amide bonds. The smallest absolute Gasteiger partial charge is 0.0568 e. The average Bonchev–Trinajstić information content (AvgIpc) is 2.67. The normalized spacial score (nSPS) is 11.3. The second-order valence-corrected chi connectivity index (χ2v) is 6.30. The number of nitrogens with zero attached hydrogens (tertiary/aromatic N) is 2. The van der Waals surface area contributed by atoms with Gasteiger partial charge in [-0.25, -0.2) is 0 Å². The first kappa shape index (κ1) is 19.7. The van der Waals surface area contributed by atoms with Crippen molar-refractivity contribution in [1.29, 1.82) is 0 Å². The molecule has 0 aliphatic heterocycles. The predicted octanol–water partition coefficient (Wildman–Crippen LogP) is 5.56.